The van der Waals surface area contributed by atoms with E-state index in [-0.39, 0.29) is 0 Å². The summed E-state index contributed by atoms with van der Waals surface area (Å²) in [6.45, 7) is 1.57. The number of amides is 1. The van der Waals surface area contributed by atoms with Crippen LogP contribution in [0.3, 0.4) is 0 Å². The van der Waals surface area contributed by atoms with Crippen molar-refractivity contribution in [2.75, 3.05) is 12.8 Å². The molecule has 0 bridgehead atoms. The van der Waals surface area contributed by atoms with Crippen LogP contribution in [0, 0.1) is 0 Å². The van der Waals surface area contributed by atoms with Crippen molar-refractivity contribution in [3.05, 3.63) is 29.8 Å². The summed E-state index contributed by atoms with van der Waals surface area (Å²) in [5.74, 6) is -1.83. The Kier molecular flexibility index (Phi) is 4.21. The molecule has 0 saturated carbocycles. The molecule has 2 N–H and O–H groups in total. The van der Waals surface area contributed by atoms with Gasteiger partial charge in [-0.1, -0.05) is 12.1 Å². The molecular weight excluding hydrogens is 245 g/mol. The lowest BCUT2D eigenvalue weighted by Gasteiger charge is -2.25. The number of halogens is 3. The minimum Gasteiger partial charge on any atom is -0.399 e. The largest absolute Gasteiger partial charge is 0.471 e. The van der Waals surface area contributed by atoms with E-state index in [1.165, 1.54) is 0 Å². The van der Waals surface area contributed by atoms with Gasteiger partial charge in [-0.15, -0.1) is 0 Å². The maximum Gasteiger partial charge on any atom is 0.471 e. The van der Waals surface area contributed by atoms with Gasteiger partial charge in [-0.2, -0.15) is 13.2 Å². The molecule has 1 aromatic rings. The predicted octanol–water partition coefficient (Wildman–Crippen LogP) is 2.22. The molecule has 3 nitrogen and oxygen atoms in total. The van der Waals surface area contributed by atoms with Crippen molar-refractivity contribution in [1.82, 2.24) is 4.90 Å². The molecule has 18 heavy (non-hydrogen) atoms. The topological polar surface area (TPSA) is 46.3 Å². The van der Waals surface area contributed by atoms with E-state index >= 15 is 0 Å². The maximum absolute atomic E-state index is 12.2. The van der Waals surface area contributed by atoms with E-state index in [2.05, 4.69) is 0 Å². The van der Waals surface area contributed by atoms with Gasteiger partial charge in [0.05, 0.1) is 0 Å². The fourth-order valence-electron chi connectivity index (χ4n) is 1.53. The summed E-state index contributed by atoms with van der Waals surface area (Å²) in [6, 6.07) is 6.28. The van der Waals surface area contributed by atoms with E-state index in [9.17, 15) is 18.0 Å². The number of alkyl halides is 3. The van der Waals surface area contributed by atoms with Crippen LogP contribution in [0.5, 0.6) is 0 Å². The van der Waals surface area contributed by atoms with Gasteiger partial charge in [0.25, 0.3) is 0 Å². The highest BCUT2D eigenvalue weighted by Crippen LogP contribution is 2.20. The molecular formula is C12H15F3N2O. The first-order valence-corrected chi connectivity index (χ1v) is 5.40. The Morgan fingerprint density at radius 2 is 1.83 bits per heavy atom. The molecule has 1 aromatic carbocycles. The molecule has 1 rings (SSSR count). The Morgan fingerprint density at radius 1 is 1.33 bits per heavy atom. The van der Waals surface area contributed by atoms with E-state index < -0.39 is 18.1 Å². The summed E-state index contributed by atoms with van der Waals surface area (Å²) in [6.07, 6.45) is -4.48. The van der Waals surface area contributed by atoms with Crippen LogP contribution in [0.4, 0.5) is 18.9 Å². The highest BCUT2D eigenvalue weighted by atomic mass is 19.4. The first kappa shape index (κ1) is 14.3. The molecule has 1 amide bonds. The van der Waals surface area contributed by atoms with Crippen molar-refractivity contribution in [2.24, 2.45) is 0 Å². The molecule has 0 unspecified atom stereocenters. The van der Waals surface area contributed by atoms with E-state index in [1.807, 2.05) is 0 Å². The van der Waals surface area contributed by atoms with Crippen LogP contribution >= 0.6 is 0 Å². The molecule has 1 atom stereocenters. The van der Waals surface area contributed by atoms with Gasteiger partial charge in [-0.3, -0.25) is 4.79 Å². The lowest BCUT2D eigenvalue weighted by atomic mass is 10.1. The average molecular weight is 260 g/mol. The van der Waals surface area contributed by atoms with Crippen molar-refractivity contribution in [3.8, 4) is 0 Å². The smallest absolute Gasteiger partial charge is 0.399 e. The van der Waals surface area contributed by atoms with Crippen molar-refractivity contribution >= 4 is 11.6 Å². The molecule has 100 valence electrons. The minimum absolute atomic E-state index is 0.346. The third kappa shape index (κ3) is 3.65. The lowest BCUT2D eigenvalue weighted by molar-refractivity contribution is -0.185. The van der Waals surface area contributed by atoms with Gasteiger partial charge < -0.3 is 10.6 Å². The van der Waals surface area contributed by atoms with Gasteiger partial charge in [-0.25, -0.2) is 0 Å². The summed E-state index contributed by atoms with van der Waals surface area (Å²) >= 11 is 0. The third-order valence-electron chi connectivity index (χ3n) is 2.73. The van der Waals surface area contributed by atoms with Crippen molar-refractivity contribution in [1.29, 1.82) is 0 Å². The van der Waals surface area contributed by atoms with Gasteiger partial charge >= 0.3 is 12.1 Å². The van der Waals surface area contributed by atoms with E-state index in [4.69, 9.17) is 5.73 Å². The number of nitrogens with two attached hydrogens (primary N) is 1. The van der Waals surface area contributed by atoms with Crippen LogP contribution in [0.2, 0.25) is 0 Å². The summed E-state index contributed by atoms with van der Waals surface area (Å²) in [7, 11) is 1.15. The molecule has 0 heterocycles. The number of benzene rings is 1. The number of carbonyl (C=O) groups is 1. The molecule has 0 aromatic heterocycles. The van der Waals surface area contributed by atoms with Crippen molar-refractivity contribution in [3.63, 3.8) is 0 Å². The molecule has 0 aliphatic carbocycles. The van der Waals surface area contributed by atoms with Crippen LogP contribution in [-0.2, 0) is 11.2 Å². The number of carbonyl (C=O) groups excluding carboxylic acids is 1. The highest BCUT2D eigenvalue weighted by Gasteiger charge is 2.42. The SMILES string of the molecule is C[C@@H](Cc1ccc(N)cc1)N(C)C(=O)C(F)(F)F. The van der Waals surface area contributed by atoms with E-state index in [1.54, 1.807) is 31.2 Å². The number of likely N-dealkylation sites (N-methyl/N-ethyl adjacent to an activating group) is 1. The first-order chi connectivity index (χ1) is 8.21. The Morgan fingerprint density at radius 3 is 2.28 bits per heavy atom. The molecule has 0 radical (unpaired) electrons. The molecule has 0 fully saturated rings. The van der Waals surface area contributed by atoms with Crippen LogP contribution < -0.4 is 5.73 Å². The fraction of sp³-hybridized carbons (Fsp3) is 0.417. The Balaban J connectivity index is 2.68. The molecule has 0 spiro atoms. The summed E-state index contributed by atoms with van der Waals surface area (Å²) in [5, 5.41) is 0. The second-order valence-electron chi connectivity index (χ2n) is 4.21. The monoisotopic (exact) mass is 260 g/mol. The number of anilines is 1. The fourth-order valence-corrected chi connectivity index (χ4v) is 1.53. The van der Waals surface area contributed by atoms with Crippen LogP contribution in [0.25, 0.3) is 0 Å². The van der Waals surface area contributed by atoms with Crippen LogP contribution in [-0.4, -0.2) is 30.1 Å². The second kappa shape index (κ2) is 5.29. The second-order valence-corrected chi connectivity index (χ2v) is 4.21. The number of nitrogen functional groups attached to an aromatic ring is 1. The van der Waals surface area contributed by atoms with E-state index in [0.717, 1.165) is 12.6 Å². The lowest BCUT2D eigenvalue weighted by Crippen LogP contribution is -2.44. The molecule has 0 aliphatic rings. The number of nitrogens with zero attached hydrogens (tertiary/aromatic N) is 1. The first-order valence-electron chi connectivity index (χ1n) is 5.40. The minimum atomic E-state index is -4.83. The normalized spacial score (nSPS) is 13.2. The molecule has 6 heteroatoms. The predicted molar refractivity (Wildman–Crippen MR) is 62.8 cm³/mol. The van der Waals surface area contributed by atoms with Gasteiger partial charge in [0.15, 0.2) is 0 Å². The number of hydrogen-bond acceptors (Lipinski definition) is 2. The standard InChI is InChI=1S/C12H15F3N2O/c1-8(17(2)11(18)12(13,14)15)7-9-3-5-10(16)6-4-9/h3-6,8H,7,16H2,1-2H3/t8-/m0/s1. The zero-order chi connectivity index (χ0) is 13.9. The van der Waals surface area contributed by atoms with Gasteiger partial charge in [0.1, 0.15) is 0 Å². The Labute approximate surface area is 103 Å². The highest BCUT2D eigenvalue weighted by molar-refractivity contribution is 5.81. The summed E-state index contributed by atoms with van der Waals surface area (Å²) < 4.78 is 36.7. The third-order valence-corrected chi connectivity index (χ3v) is 2.73. The van der Waals surface area contributed by atoms with Gasteiger partial charge in [0.2, 0.25) is 0 Å². The average Bonchev–Trinajstić information content (AvgIpc) is 2.29. The van der Waals surface area contributed by atoms with Gasteiger partial charge in [0, 0.05) is 18.8 Å². The van der Waals surface area contributed by atoms with Gasteiger partial charge in [-0.05, 0) is 31.0 Å². The number of rotatable bonds is 3. The van der Waals surface area contributed by atoms with E-state index in [0.29, 0.717) is 17.0 Å². The Bertz CT molecular complexity index is 414. The summed E-state index contributed by atoms with van der Waals surface area (Å²) in [4.78, 5) is 11.7. The summed E-state index contributed by atoms with van der Waals surface area (Å²) in [5.41, 5.74) is 6.93. The zero-order valence-electron chi connectivity index (χ0n) is 10.2. The molecule has 0 aliphatic heterocycles. The van der Waals surface area contributed by atoms with Crippen LogP contribution in [0.1, 0.15) is 12.5 Å². The molecule has 0 saturated heterocycles. The maximum atomic E-state index is 12.2. The van der Waals surface area contributed by atoms with Crippen molar-refractivity contribution in [2.45, 2.75) is 25.6 Å². The van der Waals surface area contributed by atoms with Crippen LogP contribution in [0.15, 0.2) is 24.3 Å². The van der Waals surface area contributed by atoms with Crippen molar-refractivity contribution < 1.29 is 18.0 Å². The number of hydrogen-bond donors (Lipinski definition) is 1. The quantitative estimate of drug-likeness (QED) is 0.847. The Hall–Kier alpha value is -1.72. The zero-order valence-corrected chi connectivity index (χ0v) is 10.2.